The van der Waals surface area contributed by atoms with E-state index >= 15 is 0 Å². The number of nitrogens with zero attached hydrogens (tertiary/aromatic N) is 1. The maximum absolute atomic E-state index is 13.0. The molecule has 2 aromatic heterocycles. The molecule has 4 heteroatoms. The van der Waals surface area contributed by atoms with Gasteiger partial charge in [0, 0.05) is 5.56 Å². The Morgan fingerprint density at radius 2 is 1.77 bits per heavy atom. The van der Waals surface area contributed by atoms with Crippen LogP contribution in [0.3, 0.4) is 0 Å². The summed E-state index contributed by atoms with van der Waals surface area (Å²) in [6.07, 6.45) is 1.98. The first-order chi connectivity index (χ1) is 12.2. The number of hydrogen-bond acceptors (Lipinski definition) is 2. The zero-order valence-corrected chi connectivity index (χ0v) is 16.6. The second kappa shape index (κ2) is 5.78. The Balaban J connectivity index is 1.89. The molecule has 26 heavy (non-hydrogen) atoms. The molecule has 2 aromatic carbocycles. The summed E-state index contributed by atoms with van der Waals surface area (Å²) in [4.78, 5) is 17.3. The highest BCUT2D eigenvalue weighted by atomic mass is 32.1. The average molecular weight is 364 g/mol. The minimum Gasteiger partial charge on any atom is -0.239 e. The van der Waals surface area contributed by atoms with E-state index in [9.17, 15) is 4.79 Å². The molecule has 0 atom stereocenters. The van der Waals surface area contributed by atoms with E-state index < -0.39 is 0 Å². The monoisotopic (exact) mass is 363 g/mol. The Bertz CT molecular complexity index is 1240. The van der Waals surface area contributed by atoms with Crippen LogP contribution in [0.15, 0.2) is 41.2 Å². The van der Waals surface area contributed by atoms with Crippen molar-refractivity contribution >= 4 is 33.4 Å². The molecule has 0 bridgehead atoms. The maximum atomic E-state index is 13.0. The minimum absolute atomic E-state index is 0.0427. The number of aromatic nitrogens is 2. The number of fused-ring (bicyclic) bond motifs is 3. The van der Waals surface area contributed by atoms with Gasteiger partial charge in [0.15, 0.2) is 11.0 Å². The van der Waals surface area contributed by atoms with Crippen LogP contribution in [0.1, 0.15) is 43.0 Å². The van der Waals surface area contributed by atoms with Gasteiger partial charge in [0.25, 0.3) is 0 Å². The van der Waals surface area contributed by atoms with Gasteiger partial charge in [0.05, 0.1) is 0 Å². The summed E-state index contributed by atoms with van der Waals surface area (Å²) in [6.45, 7) is 10.7. The SMILES string of the molecule is Cc1cc(C)c2[nH+]c3sc(=Cc4ccc(C(C)(C)C)cc4)c(=O)n3c2c1. The third-order valence-electron chi connectivity index (χ3n) is 4.83. The molecule has 4 rings (SSSR count). The Kier molecular flexibility index (Phi) is 3.77. The van der Waals surface area contributed by atoms with Gasteiger partial charge in [-0.05, 0) is 59.4 Å². The first-order valence-electron chi connectivity index (χ1n) is 8.84. The molecule has 1 N–H and O–H groups in total. The molecule has 0 amide bonds. The third kappa shape index (κ3) is 2.74. The van der Waals surface area contributed by atoms with E-state index in [1.807, 2.05) is 6.08 Å². The quantitative estimate of drug-likeness (QED) is 0.507. The molecule has 0 aliphatic rings. The largest absolute Gasteiger partial charge is 0.357 e. The van der Waals surface area contributed by atoms with Crippen molar-refractivity contribution in [3.05, 3.63) is 73.5 Å². The van der Waals surface area contributed by atoms with E-state index in [4.69, 9.17) is 0 Å². The second-order valence-electron chi connectivity index (χ2n) is 8.03. The van der Waals surface area contributed by atoms with Crippen molar-refractivity contribution in [1.82, 2.24) is 4.40 Å². The van der Waals surface area contributed by atoms with Crippen molar-refractivity contribution < 1.29 is 4.98 Å². The van der Waals surface area contributed by atoms with Crippen LogP contribution in [0.5, 0.6) is 0 Å². The maximum Gasteiger partial charge on any atom is 0.357 e. The zero-order valence-electron chi connectivity index (χ0n) is 15.8. The normalized spacial score (nSPS) is 13.2. The summed E-state index contributed by atoms with van der Waals surface area (Å²) in [7, 11) is 0. The summed E-state index contributed by atoms with van der Waals surface area (Å²) < 4.78 is 2.55. The van der Waals surface area contributed by atoms with Crippen LogP contribution in [0.4, 0.5) is 0 Å². The molecule has 0 unspecified atom stereocenters. The topological polar surface area (TPSA) is 35.6 Å². The highest BCUT2D eigenvalue weighted by molar-refractivity contribution is 7.14. The molecule has 0 fully saturated rings. The summed E-state index contributed by atoms with van der Waals surface area (Å²) in [5.41, 5.74) is 6.85. The third-order valence-corrected chi connectivity index (χ3v) is 5.82. The lowest BCUT2D eigenvalue weighted by molar-refractivity contribution is -0.308. The highest BCUT2D eigenvalue weighted by Gasteiger charge is 2.20. The average Bonchev–Trinajstić information content (AvgIpc) is 3.05. The van der Waals surface area contributed by atoms with Gasteiger partial charge in [-0.1, -0.05) is 51.1 Å². The lowest BCUT2D eigenvalue weighted by Crippen LogP contribution is -2.22. The predicted molar refractivity (Wildman–Crippen MR) is 109 cm³/mol. The van der Waals surface area contributed by atoms with Gasteiger partial charge in [-0.25, -0.2) is 9.78 Å². The molecular weight excluding hydrogens is 340 g/mol. The van der Waals surface area contributed by atoms with E-state index in [0.717, 1.165) is 31.7 Å². The van der Waals surface area contributed by atoms with Gasteiger partial charge >= 0.3 is 10.5 Å². The van der Waals surface area contributed by atoms with Crippen LogP contribution in [-0.4, -0.2) is 4.40 Å². The number of imidazole rings is 1. The number of thiazole rings is 1. The number of aromatic amines is 1. The van der Waals surface area contributed by atoms with Crippen molar-refractivity contribution in [1.29, 1.82) is 0 Å². The molecule has 132 valence electrons. The van der Waals surface area contributed by atoms with Crippen molar-refractivity contribution in [2.75, 3.05) is 0 Å². The van der Waals surface area contributed by atoms with Gasteiger partial charge < -0.3 is 0 Å². The molecule has 0 spiro atoms. The van der Waals surface area contributed by atoms with Gasteiger partial charge in [-0.2, -0.15) is 0 Å². The van der Waals surface area contributed by atoms with Crippen LogP contribution in [-0.2, 0) is 5.41 Å². The van der Waals surface area contributed by atoms with E-state index in [0.29, 0.717) is 0 Å². The number of H-pyrrole nitrogens is 1. The fraction of sp³-hybridized carbons (Fsp3) is 0.273. The summed E-state index contributed by atoms with van der Waals surface area (Å²) in [6, 6.07) is 12.7. The Morgan fingerprint density at radius 1 is 1.08 bits per heavy atom. The van der Waals surface area contributed by atoms with E-state index in [-0.39, 0.29) is 11.0 Å². The molecule has 0 aliphatic carbocycles. The van der Waals surface area contributed by atoms with Crippen LogP contribution < -0.4 is 15.1 Å². The van der Waals surface area contributed by atoms with E-state index in [2.05, 4.69) is 76.0 Å². The number of rotatable bonds is 1. The number of nitrogens with one attached hydrogen (secondary N) is 1. The van der Waals surface area contributed by atoms with Gasteiger partial charge in [0.2, 0.25) is 0 Å². The number of benzene rings is 2. The molecule has 0 saturated heterocycles. The minimum atomic E-state index is 0.0427. The molecule has 0 saturated carbocycles. The predicted octanol–water partition coefficient (Wildman–Crippen LogP) is 3.79. The standard InChI is InChI=1S/C22H22N2OS/c1-13-10-14(2)19-17(11-13)24-20(25)18(26-21(24)23-19)12-15-6-8-16(9-7-15)22(3,4)5/h6-12H,1-5H3/p+1. The van der Waals surface area contributed by atoms with Gasteiger partial charge in [-0.15, -0.1) is 4.40 Å². The smallest absolute Gasteiger partial charge is 0.239 e. The number of aryl methyl sites for hydroxylation is 2. The lowest BCUT2D eigenvalue weighted by Gasteiger charge is -2.18. The van der Waals surface area contributed by atoms with Crippen LogP contribution in [0.2, 0.25) is 0 Å². The molecule has 0 aliphatic heterocycles. The summed E-state index contributed by atoms with van der Waals surface area (Å²) in [5, 5.41) is 0. The van der Waals surface area contributed by atoms with Crippen molar-refractivity contribution in [2.24, 2.45) is 0 Å². The highest BCUT2D eigenvalue weighted by Crippen LogP contribution is 2.22. The number of hydrogen-bond donors (Lipinski definition) is 0. The van der Waals surface area contributed by atoms with Crippen molar-refractivity contribution in [2.45, 2.75) is 40.0 Å². The van der Waals surface area contributed by atoms with Gasteiger partial charge in [0.1, 0.15) is 4.53 Å². The summed E-state index contributed by atoms with van der Waals surface area (Å²) in [5.74, 6) is 0. The molecular formula is C22H23N2OS+. The van der Waals surface area contributed by atoms with Gasteiger partial charge in [-0.3, -0.25) is 0 Å². The fourth-order valence-corrected chi connectivity index (χ4v) is 4.42. The molecule has 3 nitrogen and oxygen atoms in total. The van der Waals surface area contributed by atoms with Crippen LogP contribution >= 0.6 is 11.3 Å². The molecule has 4 aromatic rings. The Hall–Kier alpha value is -2.46. The second-order valence-corrected chi connectivity index (χ2v) is 9.06. The fourth-order valence-electron chi connectivity index (χ4n) is 3.41. The summed E-state index contributed by atoms with van der Waals surface area (Å²) >= 11 is 1.51. The van der Waals surface area contributed by atoms with Crippen molar-refractivity contribution in [3.63, 3.8) is 0 Å². The first-order valence-corrected chi connectivity index (χ1v) is 9.65. The zero-order chi connectivity index (χ0) is 18.6. The van der Waals surface area contributed by atoms with Crippen LogP contribution in [0.25, 0.3) is 22.1 Å². The molecule has 2 heterocycles. The first kappa shape index (κ1) is 17.0. The Morgan fingerprint density at radius 3 is 2.42 bits per heavy atom. The van der Waals surface area contributed by atoms with Crippen LogP contribution in [0, 0.1) is 13.8 Å². The van der Waals surface area contributed by atoms with Crippen molar-refractivity contribution in [3.8, 4) is 0 Å². The molecule has 0 radical (unpaired) electrons. The van der Waals surface area contributed by atoms with E-state index in [1.54, 1.807) is 4.40 Å². The van der Waals surface area contributed by atoms with E-state index in [1.165, 1.54) is 22.5 Å². The Labute approximate surface area is 156 Å². The lowest BCUT2D eigenvalue weighted by atomic mass is 9.87.